The van der Waals surface area contributed by atoms with Gasteiger partial charge in [0, 0.05) is 23.6 Å². The highest BCUT2D eigenvalue weighted by Crippen LogP contribution is 2.20. The largest absolute Gasteiger partial charge is 0.484 e. The Labute approximate surface area is 164 Å². The van der Waals surface area contributed by atoms with Gasteiger partial charge >= 0.3 is 0 Å². The van der Waals surface area contributed by atoms with Crippen molar-refractivity contribution in [1.29, 1.82) is 5.26 Å². The summed E-state index contributed by atoms with van der Waals surface area (Å²) in [5.74, 6) is -0.607. The number of carbonyl (C=O) groups is 2. The molecule has 1 aromatic carbocycles. The lowest BCUT2D eigenvalue weighted by molar-refractivity contribution is -0.120. The maximum atomic E-state index is 12.5. The number of nitrogens with one attached hydrogen (secondary N) is 1. The lowest BCUT2D eigenvalue weighted by Gasteiger charge is -2.08. The number of aryl methyl sites for hydroxylation is 1. The first-order valence-corrected chi connectivity index (χ1v) is 8.96. The molecule has 3 N–H and O–H groups in total. The minimum absolute atomic E-state index is 0.0193. The number of primary amides is 1. The monoisotopic (exact) mass is 380 g/mol. The molecule has 0 saturated carbocycles. The molecule has 0 spiro atoms. The predicted octanol–water partition coefficient (Wildman–Crippen LogP) is 2.92. The Balaban J connectivity index is 2.14. The summed E-state index contributed by atoms with van der Waals surface area (Å²) in [4.78, 5) is 23.2. The van der Waals surface area contributed by atoms with E-state index in [0.717, 1.165) is 29.9 Å². The van der Waals surface area contributed by atoms with Crippen LogP contribution >= 0.6 is 0 Å². The molecule has 0 radical (unpaired) electrons. The van der Waals surface area contributed by atoms with E-state index in [2.05, 4.69) is 16.8 Å². The summed E-state index contributed by atoms with van der Waals surface area (Å²) in [6.07, 6.45) is 2.61. The van der Waals surface area contributed by atoms with Crippen LogP contribution in [-0.2, 0) is 16.1 Å². The van der Waals surface area contributed by atoms with Gasteiger partial charge in [-0.15, -0.1) is 0 Å². The highest BCUT2D eigenvalue weighted by Gasteiger charge is 2.13. The number of aromatic nitrogens is 1. The number of anilines is 1. The minimum Gasteiger partial charge on any atom is -0.484 e. The molecule has 28 heavy (non-hydrogen) atoms. The summed E-state index contributed by atoms with van der Waals surface area (Å²) in [7, 11) is 0. The number of nitriles is 1. The molecule has 0 aliphatic heterocycles. The van der Waals surface area contributed by atoms with Gasteiger partial charge in [-0.25, -0.2) is 0 Å². The van der Waals surface area contributed by atoms with Gasteiger partial charge in [0.1, 0.15) is 17.4 Å². The van der Waals surface area contributed by atoms with Crippen LogP contribution in [0.2, 0.25) is 0 Å². The van der Waals surface area contributed by atoms with Gasteiger partial charge in [0.15, 0.2) is 6.61 Å². The summed E-state index contributed by atoms with van der Waals surface area (Å²) >= 11 is 0. The molecule has 1 aromatic heterocycles. The van der Waals surface area contributed by atoms with Crippen molar-refractivity contribution in [2.75, 3.05) is 11.9 Å². The van der Waals surface area contributed by atoms with E-state index in [4.69, 9.17) is 10.5 Å². The van der Waals surface area contributed by atoms with E-state index < -0.39 is 11.8 Å². The third-order valence-electron chi connectivity index (χ3n) is 4.22. The second-order valence-corrected chi connectivity index (χ2v) is 6.38. The maximum absolute atomic E-state index is 12.5. The van der Waals surface area contributed by atoms with Crippen LogP contribution in [0.15, 0.2) is 35.9 Å². The zero-order valence-electron chi connectivity index (χ0n) is 16.3. The van der Waals surface area contributed by atoms with E-state index in [9.17, 15) is 14.9 Å². The summed E-state index contributed by atoms with van der Waals surface area (Å²) in [6, 6.07) is 10.4. The number of ether oxygens (including phenoxy) is 1. The topological polar surface area (TPSA) is 110 Å². The van der Waals surface area contributed by atoms with Gasteiger partial charge in [0.25, 0.3) is 11.8 Å². The first-order chi connectivity index (χ1) is 13.3. The summed E-state index contributed by atoms with van der Waals surface area (Å²) in [5, 5.41) is 12.1. The first kappa shape index (κ1) is 20.8. The molecule has 0 saturated heterocycles. The van der Waals surface area contributed by atoms with Gasteiger partial charge < -0.3 is 20.4 Å². The SMILES string of the molecule is CCCn1c(C)cc(/C=C(\C#N)C(=O)Nc2ccc(OCC(N)=O)cc2)c1C. The standard InChI is InChI=1S/C21H24N4O3/c1-4-9-25-14(2)10-16(15(25)3)11-17(12-22)21(27)24-18-5-7-19(8-6-18)28-13-20(23)26/h5-8,10-11H,4,9,13H2,1-3H3,(H2,23,26)(H,24,27)/b17-11+. The predicted molar refractivity (Wildman–Crippen MR) is 108 cm³/mol. The van der Waals surface area contributed by atoms with E-state index in [1.807, 2.05) is 26.0 Å². The Kier molecular flexibility index (Phi) is 6.99. The van der Waals surface area contributed by atoms with E-state index in [-0.39, 0.29) is 12.2 Å². The van der Waals surface area contributed by atoms with Crippen LogP contribution in [-0.4, -0.2) is 23.0 Å². The van der Waals surface area contributed by atoms with Crippen molar-refractivity contribution in [1.82, 2.24) is 4.57 Å². The number of nitrogens with zero attached hydrogens (tertiary/aromatic N) is 2. The zero-order valence-corrected chi connectivity index (χ0v) is 16.3. The van der Waals surface area contributed by atoms with Crippen molar-refractivity contribution in [3.8, 4) is 11.8 Å². The number of carbonyl (C=O) groups excluding carboxylic acids is 2. The Morgan fingerprint density at radius 1 is 1.29 bits per heavy atom. The van der Waals surface area contributed by atoms with Crippen LogP contribution in [0.4, 0.5) is 5.69 Å². The van der Waals surface area contributed by atoms with Crippen molar-refractivity contribution in [2.45, 2.75) is 33.7 Å². The number of benzene rings is 1. The highest BCUT2D eigenvalue weighted by atomic mass is 16.5. The molecule has 0 aliphatic rings. The van der Waals surface area contributed by atoms with Crippen molar-refractivity contribution in [3.63, 3.8) is 0 Å². The van der Waals surface area contributed by atoms with Crippen LogP contribution < -0.4 is 15.8 Å². The van der Waals surface area contributed by atoms with Crippen molar-refractivity contribution >= 4 is 23.6 Å². The van der Waals surface area contributed by atoms with E-state index in [1.54, 1.807) is 30.3 Å². The molecular formula is C21H24N4O3. The molecule has 0 unspecified atom stereocenters. The number of hydrogen-bond donors (Lipinski definition) is 2. The smallest absolute Gasteiger partial charge is 0.266 e. The fourth-order valence-electron chi connectivity index (χ4n) is 2.83. The van der Waals surface area contributed by atoms with Crippen molar-refractivity contribution in [3.05, 3.63) is 52.9 Å². The number of nitrogens with two attached hydrogens (primary N) is 1. The molecule has 2 rings (SSSR count). The fraction of sp³-hybridized carbons (Fsp3) is 0.286. The summed E-state index contributed by atoms with van der Waals surface area (Å²) < 4.78 is 7.34. The molecule has 1 heterocycles. The lowest BCUT2D eigenvalue weighted by Crippen LogP contribution is -2.20. The third-order valence-corrected chi connectivity index (χ3v) is 4.22. The quantitative estimate of drug-likeness (QED) is 0.542. The Bertz CT molecular complexity index is 934. The van der Waals surface area contributed by atoms with Crippen molar-refractivity contribution in [2.24, 2.45) is 5.73 Å². The second-order valence-electron chi connectivity index (χ2n) is 6.38. The van der Waals surface area contributed by atoms with Crippen LogP contribution in [0.1, 0.15) is 30.3 Å². The Morgan fingerprint density at radius 3 is 2.54 bits per heavy atom. The molecule has 0 atom stereocenters. The van der Waals surface area contributed by atoms with Gasteiger partial charge in [0.05, 0.1) is 0 Å². The van der Waals surface area contributed by atoms with Gasteiger partial charge in [-0.05, 0) is 62.2 Å². The van der Waals surface area contributed by atoms with Crippen LogP contribution in [0, 0.1) is 25.2 Å². The molecule has 7 heteroatoms. The normalized spacial score (nSPS) is 11.0. The molecule has 0 bridgehead atoms. The van der Waals surface area contributed by atoms with Gasteiger partial charge in [0.2, 0.25) is 0 Å². The molecule has 146 valence electrons. The van der Waals surface area contributed by atoms with E-state index >= 15 is 0 Å². The van der Waals surface area contributed by atoms with Crippen LogP contribution in [0.3, 0.4) is 0 Å². The molecular weight excluding hydrogens is 356 g/mol. The summed E-state index contributed by atoms with van der Waals surface area (Å²) in [6.45, 7) is 6.76. The number of rotatable bonds is 8. The maximum Gasteiger partial charge on any atom is 0.266 e. The van der Waals surface area contributed by atoms with Crippen LogP contribution in [0.5, 0.6) is 5.75 Å². The van der Waals surface area contributed by atoms with E-state index in [1.165, 1.54) is 0 Å². The van der Waals surface area contributed by atoms with Gasteiger partial charge in [-0.2, -0.15) is 5.26 Å². The van der Waals surface area contributed by atoms with Crippen molar-refractivity contribution < 1.29 is 14.3 Å². The number of amides is 2. The first-order valence-electron chi connectivity index (χ1n) is 8.96. The molecule has 2 amide bonds. The van der Waals surface area contributed by atoms with Gasteiger partial charge in [-0.1, -0.05) is 6.92 Å². The average Bonchev–Trinajstić information content (AvgIpc) is 2.93. The third kappa shape index (κ3) is 5.24. The number of hydrogen-bond acceptors (Lipinski definition) is 4. The van der Waals surface area contributed by atoms with Gasteiger partial charge in [-0.3, -0.25) is 9.59 Å². The Hall–Kier alpha value is -3.53. The summed E-state index contributed by atoms with van der Waals surface area (Å²) in [5.41, 5.74) is 8.53. The highest BCUT2D eigenvalue weighted by molar-refractivity contribution is 6.09. The zero-order chi connectivity index (χ0) is 20.7. The fourth-order valence-corrected chi connectivity index (χ4v) is 2.83. The molecule has 0 aliphatic carbocycles. The average molecular weight is 380 g/mol. The minimum atomic E-state index is -0.570. The molecule has 0 fully saturated rings. The molecule has 2 aromatic rings. The molecule has 7 nitrogen and oxygen atoms in total. The van der Waals surface area contributed by atoms with Crippen LogP contribution in [0.25, 0.3) is 6.08 Å². The van der Waals surface area contributed by atoms with E-state index in [0.29, 0.717) is 11.4 Å². The second kappa shape index (κ2) is 9.42. The lowest BCUT2D eigenvalue weighted by atomic mass is 10.1. The Morgan fingerprint density at radius 2 is 1.96 bits per heavy atom.